The quantitative estimate of drug-likeness (QED) is 0.702. The van der Waals surface area contributed by atoms with E-state index in [1.165, 1.54) is 0 Å². The van der Waals surface area contributed by atoms with Crippen LogP contribution < -0.4 is 15.4 Å². The summed E-state index contributed by atoms with van der Waals surface area (Å²) in [6, 6.07) is 13.8. The lowest BCUT2D eigenvalue weighted by molar-refractivity contribution is 0.0900. The van der Waals surface area contributed by atoms with Gasteiger partial charge in [-0.2, -0.15) is 5.10 Å². The third-order valence-electron chi connectivity index (χ3n) is 4.29. The minimum Gasteiger partial charge on any atom is -0.494 e. The van der Waals surface area contributed by atoms with Gasteiger partial charge in [-0.15, -0.1) is 11.3 Å². The van der Waals surface area contributed by atoms with Crippen LogP contribution in [0.5, 0.6) is 5.75 Å². The van der Waals surface area contributed by atoms with Gasteiger partial charge in [0.05, 0.1) is 18.0 Å². The maximum absolute atomic E-state index is 12.2. The highest BCUT2D eigenvalue weighted by Gasteiger charge is 2.27. The Morgan fingerprint density at radius 2 is 2.23 bits per heavy atom. The topological polar surface area (TPSA) is 68.2 Å². The first-order valence-corrected chi connectivity index (χ1v) is 9.50. The highest BCUT2D eigenvalue weighted by molar-refractivity contribution is 7.13. The number of fused-ring (bicyclic) bond motifs is 1. The maximum Gasteiger partial charge on any atom is 0.269 e. The molecule has 0 saturated heterocycles. The minimum absolute atomic E-state index is 0.0897. The van der Waals surface area contributed by atoms with E-state index in [1.807, 2.05) is 54.8 Å². The number of benzene rings is 1. The van der Waals surface area contributed by atoms with Crippen molar-refractivity contribution >= 4 is 17.2 Å². The molecule has 3 heterocycles. The Kier molecular flexibility index (Phi) is 4.73. The Morgan fingerprint density at radius 3 is 3.04 bits per heavy atom. The van der Waals surface area contributed by atoms with Gasteiger partial charge in [-0.3, -0.25) is 10.1 Å². The number of rotatable bonds is 6. The Hall–Kier alpha value is -2.64. The van der Waals surface area contributed by atoms with Gasteiger partial charge in [-0.25, -0.2) is 4.68 Å². The average Bonchev–Trinajstić information content (AvgIpc) is 3.32. The van der Waals surface area contributed by atoms with Gasteiger partial charge >= 0.3 is 0 Å². The first kappa shape index (κ1) is 16.8. The number of aromatic nitrogens is 2. The number of hydrogen-bond acceptors (Lipinski definition) is 5. The number of hydrogen-bond donors (Lipinski definition) is 2. The van der Waals surface area contributed by atoms with E-state index in [4.69, 9.17) is 4.74 Å². The summed E-state index contributed by atoms with van der Waals surface area (Å²) in [5, 5.41) is 13.1. The standard InChI is InChI=1S/C19H20N4O2S/c1-2-25-16-7-4-3-6-13(16)11-20-18-12-21-19(24)15-10-14(22-23(15)18)17-8-5-9-26-17/h3-10,18,20H,2,11-12H2,1H3,(H,21,24). The van der Waals surface area contributed by atoms with E-state index in [0.29, 0.717) is 25.4 Å². The fraction of sp³-hybridized carbons (Fsp3) is 0.263. The van der Waals surface area contributed by atoms with Gasteiger partial charge in [0.15, 0.2) is 0 Å². The van der Waals surface area contributed by atoms with Crippen molar-refractivity contribution in [2.24, 2.45) is 0 Å². The van der Waals surface area contributed by atoms with Crippen molar-refractivity contribution in [3.63, 3.8) is 0 Å². The SMILES string of the molecule is CCOc1ccccc1CNC1CNC(=O)c2cc(-c3cccs3)nn21. The van der Waals surface area contributed by atoms with Gasteiger partial charge in [0.25, 0.3) is 5.91 Å². The number of amides is 1. The molecular weight excluding hydrogens is 348 g/mol. The van der Waals surface area contributed by atoms with Gasteiger partial charge in [0.2, 0.25) is 0 Å². The van der Waals surface area contributed by atoms with Crippen molar-refractivity contribution in [2.45, 2.75) is 19.6 Å². The van der Waals surface area contributed by atoms with E-state index in [1.54, 1.807) is 16.0 Å². The summed E-state index contributed by atoms with van der Waals surface area (Å²) in [4.78, 5) is 13.3. The zero-order chi connectivity index (χ0) is 17.9. The number of nitrogens with zero attached hydrogens (tertiary/aromatic N) is 2. The molecule has 1 aliphatic heterocycles. The number of nitrogens with one attached hydrogen (secondary N) is 2. The normalized spacial score (nSPS) is 16.2. The molecule has 134 valence electrons. The fourth-order valence-electron chi connectivity index (χ4n) is 3.05. The molecule has 3 aromatic rings. The van der Waals surface area contributed by atoms with Crippen molar-refractivity contribution in [2.75, 3.05) is 13.2 Å². The van der Waals surface area contributed by atoms with Crippen LogP contribution in [0.25, 0.3) is 10.6 Å². The van der Waals surface area contributed by atoms with Crippen molar-refractivity contribution in [3.8, 4) is 16.3 Å². The van der Waals surface area contributed by atoms with Crippen LogP contribution in [-0.2, 0) is 6.54 Å². The summed E-state index contributed by atoms with van der Waals surface area (Å²) in [5.41, 5.74) is 2.49. The summed E-state index contributed by atoms with van der Waals surface area (Å²) in [6.45, 7) is 3.73. The highest BCUT2D eigenvalue weighted by atomic mass is 32.1. The van der Waals surface area contributed by atoms with Gasteiger partial charge in [0.1, 0.15) is 23.3 Å². The fourth-order valence-corrected chi connectivity index (χ4v) is 3.73. The van der Waals surface area contributed by atoms with E-state index in [-0.39, 0.29) is 12.1 Å². The van der Waals surface area contributed by atoms with Gasteiger partial charge in [-0.1, -0.05) is 24.3 Å². The van der Waals surface area contributed by atoms with E-state index >= 15 is 0 Å². The Morgan fingerprint density at radius 1 is 1.35 bits per heavy atom. The smallest absolute Gasteiger partial charge is 0.269 e. The monoisotopic (exact) mass is 368 g/mol. The van der Waals surface area contributed by atoms with Gasteiger partial charge in [-0.05, 0) is 30.5 Å². The van der Waals surface area contributed by atoms with Crippen LogP contribution in [0.4, 0.5) is 0 Å². The Labute approximate surface area is 155 Å². The zero-order valence-corrected chi connectivity index (χ0v) is 15.3. The van der Waals surface area contributed by atoms with Crippen molar-refractivity contribution in [3.05, 3.63) is 59.1 Å². The van der Waals surface area contributed by atoms with Crippen LogP contribution in [0.15, 0.2) is 47.8 Å². The predicted octanol–water partition coefficient (Wildman–Crippen LogP) is 3.04. The molecule has 7 heteroatoms. The van der Waals surface area contributed by atoms with E-state index < -0.39 is 0 Å². The second-order valence-corrected chi connectivity index (χ2v) is 6.93. The molecule has 1 unspecified atom stereocenters. The summed E-state index contributed by atoms with van der Waals surface area (Å²) in [5.74, 6) is 0.787. The number of para-hydroxylation sites is 1. The van der Waals surface area contributed by atoms with Gasteiger partial charge < -0.3 is 10.1 Å². The summed E-state index contributed by atoms with van der Waals surface area (Å²) < 4.78 is 7.47. The number of ether oxygens (including phenoxy) is 1. The third kappa shape index (κ3) is 3.23. The molecule has 0 fully saturated rings. The molecule has 0 bridgehead atoms. The maximum atomic E-state index is 12.2. The first-order chi connectivity index (χ1) is 12.8. The average molecular weight is 368 g/mol. The summed E-state index contributed by atoms with van der Waals surface area (Å²) in [6.07, 6.45) is -0.105. The molecule has 1 atom stereocenters. The van der Waals surface area contributed by atoms with Crippen molar-refractivity contribution < 1.29 is 9.53 Å². The van der Waals surface area contributed by atoms with Crippen LogP contribution in [-0.4, -0.2) is 28.8 Å². The summed E-state index contributed by atoms with van der Waals surface area (Å²) >= 11 is 1.62. The molecule has 1 aliphatic rings. The predicted molar refractivity (Wildman–Crippen MR) is 101 cm³/mol. The van der Waals surface area contributed by atoms with Crippen LogP contribution in [0.2, 0.25) is 0 Å². The molecule has 0 saturated carbocycles. The summed E-state index contributed by atoms with van der Waals surface area (Å²) in [7, 11) is 0. The van der Waals surface area contributed by atoms with E-state index in [0.717, 1.165) is 21.9 Å². The molecule has 1 aromatic carbocycles. The Balaban J connectivity index is 1.56. The van der Waals surface area contributed by atoms with Crippen LogP contribution in [0.1, 0.15) is 29.1 Å². The molecule has 0 aliphatic carbocycles. The zero-order valence-electron chi connectivity index (χ0n) is 14.4. The third-order valence-corrected chi connectivity index (χ3v) is 5.19. The van der Waals surface area contributed by atoms with Crippen molar-refractivity contribution in [1.82, 2.24) is 20.4 Å². The molecule has 6 nitrogen and oxygen atoms in total. The highest BCUT2D eigenvalue weighted by Crippen LogP contribution is 2.27. The minimum atomic E-state index is -0.105. The molecule has 1 amide bonds. The molecule has 2 N–H and O–H groups in total. The Bertz CT molecular complexity index is 904. The van der Waals surface area contributed by atoms with Crippen molar-refractivity contribution in [1.29, 1.82) is 0 Å². The van der Waals surface area contributed by atoms with Gasteiger partial charge in [0, 0.05) is 12.1 Å². The van der Waals surface area contributed by atoms with Crippen LogP contribution in [0, 0.1) is 0 Å². The molecule has 2 aromatic heterocycles. The molecule has 4 rings (SSSR count). The molecule has 26 heavy (non-hydrogen) atoms. The molecule has 0 spiro atoms. The van der Waals surface area contributed by atoms with Crippen LogP contribution in [0.3, 0.4) is 0 Å². The number of carbonyl (C=O) groups excluding carboxylic acids is 1. The lowest BCUT2D eigenvalue weighted by atomic mass is 10.2. The number of thiophene rings is 1. The lowest BCUT2D eigenvalue weighted by Crippen LogP contribution is -2.45. The second-order valence-electron chi connectivity index (χ2n) is 5.98. The number of carbonyl (C=O) groups is 1. The largest absolute Gasteiger partial charge is 0.494 e. The van der Waals surface area contributed by atoms with E-state index in [2.05, 4.69) is 15.7 Å². The van der Waals surface area contributed by atoms with E-state index in [9.17, 15) is 4.79 Å². The molecular formula is C19H20N4O2S. The lowest BCUT2D eigenvalue weighted by Gasteiger charge is -2.26. The second kappa shape index (κ2) is 7.31. The first-order valence-electron chi connectivity index (χ1n) is 8.62. The molecule has 0 radical (unpaired) electrons. The van der Waals surface area contributed by atoms with Crippen LogP contribution >= 0.6 is 11.3 Å².